The van der Waals surface area contributed by atoms with Crippen LogP contribution in [0.25, 0.3) is 0 Å². The Kier molecular flexibility index (Phi) is 28.5. The lowest BCUT2D eigenvalue weighted by Crippen LogP contribution is -2.57. The highest BCUT2D eigenvalue weighted by Gasteiger charge is 2.43. The summed E-state index contributed by atoms with van der Waals surface area (Å²) >= 11 is 0. The fraction of sp³-hybridized carbons (Fsp3) is 0.860. The Labute approximate surface area is 382 Å². The van der Waals surface area contributed by atoms with E-state index in [2.05, 4.69) is 31.9 Å². The van der Waals surface area contributed by atoms with Crippen molar-refractivity contribution < 1.29 is 78.4 Å². The standard InChI is InChI=1S/C43H78N6O16/c1-26(2)48-33(53)18-6-5-12-21-47-41(61)29(49-34(54)19-10-9-17-32(52)46-23-25-63-43-40(60)38(58)36(56)28(4)65-43)14-11-13-20-44-30(50)15-7-8-16-31(51)45-22-24-62-42-39(59)37(57)35(55)27(3)64-42/h26-29,35-40,42-43,55-60H,5-25H2,1-4H3,(H,44,50)(H,45,51)(H,46,52)(H,47,61)(H,48,53)(H,49,54)/t27-,28-,29-,35+,36+,37+,38+,39-,40-,42+,43+/m0/s1. The summed E-state index contributed by atoms with van der Waals surface area (Å²) in [5, 5.41) is 76.1. The Balaban J connectivity index is 1.66. The lowest BCUT2D eigenvalue weighted by Gasteiger charge is -2.38. The average Bonchev–Trinajstić information content (AvgIpc) is 3.26. The van der Waals surface area contributed by atoms with E-state index < -0.39 is 67.5 Å². The molecule has 2 aliphatic heterocycles. The molecule has 0 saturated carbocycles. The largest absolute Gasteiger partial charge is 0.388 e. The zero-order valence-corrected chi connectivity index (χ0v) is 38.5. The third-order valence-electron chi connectivity index (χ3n) is 10.9. The van der Waals surface area contributed by atoms with Crippen LogP contribution < -0.4 is 31.9 Å². The molecule has 2 fully saturated rings. The molecule has 2 aliphatic rings. The van der Waals surface area contributed by atoms with Gasteiger partial charge < -0.3 is 81.5 Å². The Morgan fingerprint density at radius 3 is 1.31 bits per heavy atom. The van der Waals surface area contributed by atoms with Gasteiger partial charge in [0.2, 0.25) is 35.4 Å². The summed E-state index contributed by atoms with van der Waals surface area (Å²) in [4.78, 5) is 74.9. The first-order valence-corrected chi connectivity index (χ1v) is 23.2. The zero-order valence-electron chi connectivity index (χ0n) is 38.5. The van der Waals surface area contributed by atoms with Crippen LogP contribution in [0.4, 0.5) is 0 Å². The molecule has 2 saturated heterocycles. The minimum atomic E-state index is -1.44. The fourth-order valence-electron chi connectivity index (χ4n) is 6.99. The molecule has 376 valence electrons. The molecule has 2 heterocycles. The summed E-state index contributed by atoms with van der Waals surface area (Å²) < 4.78 is 21.5. The number of nitrogens with one attached hydrogen (secondary N) is 6. The van der Waals surface area contributed by atoms with E-state index in [0.29, 0.717) is 77.3 Å². The summed E-state index contributed by atoms with van der Waals surface area (Å²) in [7, 11) is 0. The second kappa shape index (κ2) is 32.2. The Morgan fingerprint density at radius 1 is 0.462 bits per heavy atom. The molecule has 0 spiro atoms. The van der Waals surface area contributed by atoms with E-state index in [0.717, 1.165) is 6.42 Å². The number of carbonyl (C=O) groups is 6. The predicted octanol–water partition coefficient (Wildman–Crippen LogP) is -2.00. The number of hydrogen-bond acceptors (Lipinski definition) is 16. The third-order valence-corrected chi connectivity index (χ3v) is 10.9. The number of aliphatic hydroxyl groups is 6. The van der Waals surface area contributed by atoms with Crippen LogP contribution in [-0.2, 0) is 47.7 Å². The van der Waals surface area contributed by atoms with E-state index in [-0.39, 0.29) is 93.5 Å². The molecule has 0 aromatic carbocycles. The molecule has 6 amide bonds. The molecule has 0 aromatic rings. The van der Waals surface area contributed by atoms with Crippen LogP contribution in [0.1, 0.15) is 124 Å². The van der Waals surface area contributed by atoms with Gasteiger partial charge in [-0.2, -0.15) is 0 Å². The molecule has 2 rings (SSSR count). The number of carbonyl (C=O) groups excluding carboxylic acids is 6. The van der Waals surface area contributed by atoms with Gasteiger partial charge in [0.05, 0.1) is 25.4 Å². The number of aliphatic hydroxyl groups excluding tert-OH is 6. The van der Waals surface area contributed by atoms with Crippen molar-refractivity contribution >= 4 is 35.4 Å². The quantitative estimate of drug-likeness (QED) is 0.0325. The zero-order chi connectivity index (χ0) is 48.3. The van der Waals surface area contributed by atoms with Gasteiger partial charge in [-0.05, 0) is 85.5 Å². The van der Waals surface area contributed by atoms with Crippen LogP contribution in [0.15, 0.2) is 0 Å². The van der Waals surface area contributed by atoms with Gasteiger partial charge in [-0.15, -0.1) is 0 Å². The number of rotatable bonds is 32. The second-order valence-electron chi connectivity index (χ2n) is 17.0. The van der Waals surface area contributed by atoms with Crippen LogP contribution >= 0.6 is 0 Å². The van der Waals surface area contributed by atoms with Gasteiger partial charge in [-0.25, -0.2) is 0 Å². The van der Waals surface area contributed by atoms with Crippen LogP contribution in [-0.4, -0.2) is 179 Å². The first-order valence-electron chi connectivity index (χ1n) is 23.2. The first kappa shape index (κ1) is 57.5. The van der Waals surface area contributed by atoms with E-state index in [4.69, 9.17) is 18.9 Å². The average molecular weight is 935 g/mol. The van der Waals surface area contributed by atoms with Crippen LogP contribution in [0.2, 0.25) is 0 Å². The Bertz CT molecular complexity index is 1430. The van der Waals surface area contributed by atoms with Crippen molar-refractivity contribution in [3.05, 3.63) is 0 Å². The molecule has 65 heavy (non-hydrogen) atoms. The van der Waals surface area contributed by atoms with Gasteiger partial charge in [0, 0.05) is 64.3 Å². The van der Waals surface area contributed by atoms with Crippen molar-refractivity contribution in [1.82, 2.24) is 31.9 Å². The smallest absolute Gasteiger partial charge is 0.242 e. The molecule has 0 aliphatic carbocycles. The SMILES string of the molecule is CC(C)NC(=O)CCCCCNC(=O)[C@H](CCCCNC(=O)CCCCC(=O)NCCO[C@@H]1O[C@@H](C)[C@@H](O)[C@@H](O)[C@@H]1O)NC(=O)CCCCC(=O)NCCO[C@@H]1O[C@@H](C)[C@@H](O)[C@@H](O)[C@@H]1O. The van der Waals surface area contributed by atoms with Crippen molar-refractivity contribution in [2.24, 2.45) is 0 Å². The van der Waals surface area contributed by atoms with E-state index in [1.807, 2.05) is 13.8 Å². The van der Waals surface area contributed by atoms with Crippen LogP contribution in [0, 0.1) is 0 Å². The highest BCUT2D eigenvalue weighted by Crippen LogP contribution is 2.22. The molecule has 0 radical (unpaired) electrons. The summed E-state index contributed by atoms with van der Waals surface area (Å²) in [6, 6.07) is -0.745. The Hall–Kier alpha value is -3.58. The van der Waals surface area contributed by atoms with E-state index in [9.17, 15) is 59.4 Å². The third kappa shape index (κ3) is 23.6. The van der Waals surface area contributed by atoms with Gasteiger partial charge in [-0.1, -0.05) is 6.42 Å². The lowest BCUT2D eigenvalue weighted by molar-refractivity contribution is -0.292. The van der Waals surface area contributed by atoms with E-state index in [1.54, 1.807) is 6.92 Å². The lowest BCUT2D eigenvalue weighted by atomic mass is 10.0. The van der Waals surface area contributed by atoms with Crippen molar-refractivity contribution in [3.8, 4) is 0 Å². The minimum Gasteiger partial charge on any atom is -0.388 e. The number of unbranched alkanes of at least 4 members (excludes halogenated alkanes) is 5. The van der Waals surface area contributed by atoms with Gasteiger partial charge in [0.25, 0.3) is 0 Å². The topological polar surface area (TPSA) is 333 Å². The maximum Gasteiger partial charge on any atom is 0.242 e. The predicted molar refractivity (Wildman–Crippen MR) is 233 cm³/mol. The summed E-state index contributed by atoms with van der Waals surface area (Å²) in [6.45, 7) is 7.85. The van der Waals surface area contributed by atoms with E-state index in [1.165, 1.54) is 6.92 Å². The number of amides is 6. The molecule has 22 heteroatoms. The Morgan fingerprint density at radius 2 is 0.846 bits per heavy atom. The normalized spacial score (nSPS) is 25.9. The summed E-state index contributed by atoms with van der Waals surface area (Å²) in [5.41, 5.74) is 0. The fourth-order valence-corrected chi connectivity index (χ4v) is 6.99. The van der Waals surface area contributed by atoms with Gasteiger partial charge >= 0.3 is 0 Å². The molecular formula is C43H78N6O16. The summed E-state index contributed by atoms with van der Waals surface area (Å²) in [5.74, 6) is -1.39. The summed E-state index contributed by atoms with van der Waals surface area (Å²) in [6.07, 6.45) is -5.70. The molecule has 22 nitrogen and oxygen atoms in total. The van der Waals surface area contributed by atoms with Gasteiger partial charge in [0.1, 0.15) is 42.7 Å². The molecule has 12 N–H and O–H groups in total. The second-order valence-corrected chi connectivity index (χ2v) is 17.0. The maximum absolute atomic E-state index is 13.2. The minimum absolute atomic E-state index is 0.00822. The molecule has 0 unspecified atom stereocenters. The number of ether oxygens (including phenoxy) is 4. The van der Waals surface area contributed by atoms with Gasteiger partial charge in [0.15, 0.2) is 12.6 Å². The molecule has 11 atom stereocenters. The van der Waals surface area contributed by atoms with Crippen LogP contribution in [0.5, 0.6) is 0 Å². The van der Waals surface area contributed by atoms with Crippen molar-refractivity contribution in [3.63, 3.8) is 0 Å². The van der Waals surface area contributed by atoms with Crippen molar-refractivity contribution in [2.45, 2.75) is 198 Å². The monoisotopic (exact) mass is 935 g/mol. The molecule has 0 aromatic heterocycles. The van der Waals surface area contributed by atoms with E-state index >= 15 is 0 Å². The highest BCUT2D eigenvalue weighted by atomic mass is 16.7. The van der Waals surface area contributed by atoms with Gasteiger partial charge in [-0.3, -0.25) is 28.8 Å². The number of hydrogen-bond donors (Lipinski definition) is 12. The van der Waals surface area contributed by atoms with Crippen LogP contribution in [0.3, 0.4) is 0 Å². The molecule has 0 bridgehead atoms. The van der Waals surface area contributed by atoms with Crippen molar-refractivity contribution in [2.75, 3.05) is 39.4 Å². The first-order chi connectivity index (χ1) is 30.9. The van der Waals surface area contributed by atoms with Crippen molar-refractivity contribution in [1.29, 1.82) is 0 Å². The highest BCUT2D eigenvalue weighted by molar-refractivity contribution is 5.87. The maximum atomic E-state index is 13.2. The molecular weight excluding hydrogens is 856 g/mol.